The molecule has 0 spiro atoms. The summed E-state index contributed by atoms with van der Waals surface area (Å²) in [4.78, 5) is 0. The van der Waals surface area contributed by atoms with Crippen molar-refractivity contribution in [1.82, 2.24) is 14.5 Å². The molecular formula is C8H15N3O2S. The lowest BCUT2D eigenvalue weighted by molar-refractivity contribution is 0.553. The Morgan fingerprint density at radius 1 is 1.50 bits per heavy atom. The van der Waals surface area contributed by atoms with Crippen molar-refractivity contribution in [2.45, 2.75) is 19.9 Å². The maximum absolute atomic E-state index is 11.0. The van der Waals surface area contributed by atoms with Crippen molar-refractivity contribution in [3.63, 3.8) is 0 Å². The first-order valence-corrected chi connectivity index (χ1v) is 6.24. The van der Waals surface area contributed by atoms with Crippen molar-refractivity contribution in [2.75, 3.05) is 12.3 Å². The summed E-state index contributed by atoms with van der Waals surface area (Å²) in [5.41, 5.74) is 0. The molecule has 0 saturated heterocycles. The largest absolute Gasteiger partial charge is 0.273 e. The summed E-state index contributed by atoms with van der Waals surface area (Å²) in [7, 11) is -3.04. The summed E-state index contributed by atoms with van der Waals surface area (Å²) < 4.78 is 26.3. The molecule has 1 N–H and O–H groups in total. The van der Waals surface area contributed by atoms with E-state index in [2.05, 4.69) is 9.82 Å². The first-order valence-electron chi connectivity index (χ1n) is 4.59. The van der Waals surface area contributed by atoms with Crippen LogP contribution in [0.3, 0.4) is 0 Å². The highest BCUT2D eigenvalue weighted by molar-refractivity contribution is 7.89. The summed E-state index contributed by atoms with van der Waals surface area (Å²) in [6.07, 6.45) is 4.31. The quantitative estimate of drug-likeness (QED) is 0.693. The van der Waals surface area contributed by atoms with Gasteiger partial charge in [0.25, 0.3) is 0 Å². The van der Waals surface area contributed by atoms with Gasteiger partial charge in [0.05, 0.1) is 5.75 Å². The fourth-order valence-corrected chi connectivity index (χ4v) is 1.66. The van der Waals surface area contributed by atoms with E-state index in [1.807, 2.05) is 12.3 Å². The monoisotopic (exact) mass is 217 g/mol. The van der Waals surface area contributed by atoms with Gasteiger partial charge in [-0.2, -0.15) is 5.10 Å². The molecule has 0 amide bonds. The zero-order valence-corrected chi connectivity index (χ0v) is 9.00. The van der Waals surface area contributed by atoms with Gasteiger partial charge in [-0.05, 0) is 19.4 Å². The standard InChI is InChI=1S/C8H15N3O2S/c1-2-14(12,13)10-6-4-8-11-7-3-5-9-11/h3,5,7,10H,2,4,6,8H2,1H3. The van der Waals surface area contributed by atoms with E-state index in [-0.39, 0.29) is 5.75 Å². The SMILES string of the molecule is CCS(=O)(=O)NCCCn1cccn1. The Kier molecular flexibility index (Phi) is 4.09. The molecule has 0 aromatic carbocycles. The van der Waals surface area contributed by atoms with Crippen LogP contribution in [0.2, 0.25) is 0 Å². The second kappa shape index (κ2) is 5.11. The second-order valence-electron chi connectivity index (χ2n) is 2.92. The molecule has 0 atom stereocenters. The maximum atomic E-state index is 11.0. The molecule has 1 aromatic rings. The average Bonchev–Trinajstić information content (AvgIpc) is 2.65. The van der Waals surface area contributed by atoms with Crippen LogP contribution in [0.1, 0.15) is 13.3 Å². The van der Waals surface area contributed by atoms with E-state index >= 15 is 0 Å². The third kappa shape index (κ3) is 3.89. The summed E-state index contributed by atoms with van der Waals surface area (Å²) in [6.45, 7) is 2.82. The minimum Gasteiger partial charge on any atom is -0.273 e. The lowest BCUT2D eigenvalue weighted by atomic mass is 10.4. The van der Waals surface area contributed by atoms with Crippen LogP contribution in [0.4, 0.5) is 0 Å². The van der Waals surface area contributed by atoms with Crippen LogP contribution >= 0.6 is 0 Å². The van der Waals surface area contributed by atoms with Gasteiger partial charge in [0.2, 0.25) is 10.0 Å². The lowest BCUT2D eigenvalue weighted by Crippen LogP contribution is -2.26. The Labute approximate surface area is 84.2 Å². The molecule has 80 valence electrons. The lowest BCUT2D eigenvalue weighted by Gasteiger charge is -2.04. The minimum atomic E-state index is -3.04. The average molecular weight is 217 g/mol. The summed E-state index contributed by atoms with van der Waals surface area (Å²) >= 11 is 0. The molecule has 0 aliphatic heterocycles. The van der Waals surface area contributed by atoms with Gasteiger partial charge in [-0.1, -0.05) is 0 Å². The highest BCUT2D eigenvalue weighted by Crippen LogP contribution is 1.89. The molecule has 0 fully saturated rings. The Morgan fingerprint density at radius 3 is 2.86 bits per heavy atom. The minimum absolute atomic E-state index is 0.134. The molecule has 0 aliphatic carbocycles. The first kappa shape index (κ1) is 11.2. The number of nitrogens with zero attached hydrogens (tertiary/aromatic N) is 2. The van der Waals surface area contributed by atoms with Crippen molar-refractivity contribution in [2.24, 2.45) is 0 Å². The van der Waals surface area contributed by atoms with E-state index in [9.17, 15) is 8.42 Å². The second-order valence-corrected chi connectivity index (χ2v) is 5.02. The Balaban J connectivity index is 2.17. The molecule has 0 aliphatic rings. The number of hydrogen-bond acceptors (Lipinski definition) is 3. The van der Waals surface area contributed by atoms with Crippen molar-refractivity contribution >= 4 is 10.0 Å². The number of rotatable bonds is 6. The molecule has 1 aromatic heterocycles. The molecule has 1 rings (SSSR count). The van der Waals surface area contributed by atoms with Crippen LogP contribution in [0.5, 0.6) is 0 Å². The van der Waals surface area contributed by atoms with Gasteiger partial charge in [0.1, 0.15) is 0 Å². The molecule has 1 heterocycles. The van der Waals surface area contributed by atoms with E-state index < -0.39 is 10.0 Å². The first-order chi connectivity index (χ1) is 6.64. The van der Waals surface area contributed by atoms with Crippen LogP contribution < -0.4 is 4.72 Å². The molecular weight excluding hydrogens is 202 g/mol. The van der Waals surface area contributed by atoms with Crippen molar-refractivity contribution < 1.29 is 8.42 Å². The molecule has 0 unspecified atom stereocenters. The van der Waals surface area contributed by atoms with Crippen LogP contribution in [-0.4, -0.2) is 30.5 Å². The van der Waals surface area contributed by atoms with Crippen LogP contribution in [0.15, 0.2) is 18.5 Å². The fourth-order valence-electron chi connectivity index (χ4n) is 1.00. The smallest absolute Gasteiger partial charge is 0.211 e. The summed E-state index contributed by atoms with van der Waals surface area (Å²) in [5.74, 6) is 0.134. The maximum Gasteiger partial charge on any atom is 0.211 e. The van der Waals surface area contributed by atoms with E-state index in [1.165, 1.54) is 0 Å². The van der Waals surface area contributed by atoms with Gasteiger partial charge in [0.15, 0.2) is 0 Å². The van der Waals surface area contributed by atoms with Crippen LogP contribution in [0.25, 0.3) is 0 Å². The van der Waals surface area contributed by atoms with Crippen LogP contribution in [-0.2, 0) is 16.6 Å². The Hall–Kier alpha value is -0.880. The van der Waals surface area contributed by atoms with E-state index in [1.54, 1.807) is 17.8 Å². The predicted molar refractivity (Wildman–Crippen MR) is 54.3 cm³/mol. The van der Waals surface area contributed by atoms with Gasteiger partial charge >= 0.3 is 0 Å². The number of nitrogens with one attached hydrogen (secondary N) is 1. The zero-order chi connectivity index (χ0) is 10.4. The summed E-state index contributed by atoms with van der Waals surface area (Å²) in [6, 6.07) is 1.84. The molecule has 0 radical (unpaired) electrons. The van der Waals surface area contributed by atoms with E-state index in [4.69, 9.17) is 0 Å². The molecule has 14 heavy (non-hydrogen) atoms. The molecule has 0 bridgehead atoms. The molecule has 0 saturated carbocycles. The highest BCUT2D eigenvalue weighted by atomic mass is 32.2. The Bertz CT molecular complexity index is 345. The van der Waals surface area contributed by atoms with Gasteiger partial charge in [0, 0.05) is 25.5 Å². The van der Waals surface area contributed by atoms with Gasteiger partial charge in [-0.25, -0.2) is 13.1 Å². The zero-order valence-electron chi connectivity index (χ0n) is 8.18. The third-order valence-corrected chi connectivity index (χ3v) is 3.23. The normalized spacial score (nSPS) is 11.8. The van der Waals surface area contributed by atoms with Crippen LogP contribution in [0, 0.1) is 0 Å². The third-order valence-electron chi connectivity index (χ3n) is 1.83. The van der Waals surface area contributed by atoms with E-state index in [0.29, 0.717) is 6.54 Å². The number of hydrogen-bond donors (Lipinski definition) is 1. The number of aryl methyl sites for hydroxylation is 1. The van der Waals surface area contributed by atoms with Crippen molar-refractivity contribution in [3.8, 4) is 0 Å². The molecule has 5 nitrogen and oxygen atoms in total. The topological polar surface area (TPSA) is 64.0 Å². The molecule has 6 heteroatoms. The van der Waals surface area contributed by atoms with Crippen molar-refractivity contribution in [1.29, 1.82) is 0 Å². The van der Waals surface area contributed by atoms with E-state index in [0.717, 1.165) is 13.0 Å². The van der Waals surface area contributed by atoms with Crippen molar-refractivity contribution in [3.05, 3.63) is 18.5 Å². The van der Waals surface area contributed by atoms with Gasteiger partial charge < -0.3 is 0 Å². The fraction of sp³-hybridized carbons (Fsp3) is 0.625. The highest BCUT2D eigenvalue weighted by Gasteiger charge is 2.04. The Morgan fingerprint density at radius 2 is 2.29 bits per heavy atom. The number of sulfonamides is 1. The predicted octanol–water partition coefficient (Wildman–Crippen LogP) is 0.212. The summed E-state index contributed by atoms with van der Waals surface area (Å²) in [5, 5.41) is 4.01. The van der Waals surface area contributed by atoms with Gasteiger partial charge in [-0.15, -0.1) is 0 Å². The van der Waals surface area contributed by atoms with Gasteiger partial charge in [-0.3, -0.25) is 4.68 Å². The number of aromatic nitrogens is 2.